The first-order valence-electron chi connectivity index (χ1n) is 6.04. The maximum absolute atomic E-state index is 11.8. The molecular weight excluding hydrogens is 238 g/mol. The van der Waals surface area contributed by atoms with E-state index in [1.807, 2.05) is 42.5 Å². The largest absolute Gasteiger partial charge is 0.422 e. The number of carbonyl (C=O) groups is 1. The number of nitrogens with zero attached hydrogens (tertiary/aromatic N) is 1. The van der Waals surface area contributed by atoms with E-state index in [0.717, 1.165) is 22.4 Å². The highest BCUT2D eigenvalue weighted by Crippen LogP contribution is 2.40. The molecule has 0 saturated carbocycles. The Bertz CT molecular complexity index is 772. The minimum atomic E-state index is -0.295. The third-order valence-corrected chi connectivity index (χ3v) is 3.36. The molecule has 0 spiro atoms. The molecule has 2 aromatic rings. The molecule has 0 saturated heterocycles. The van der Waals surface area contributed by atoms with Gasteiger partial charge in [0.2, 0.25) is 0 Å². The van der Waals surface area contributed by atoms with E-state index >= 15 is 0 Å². The number of para-hydroxylation sites is 1. The van der Waals surface area contributed by atoms with Crippen LogP contribution in [0.15, 0.2) is 53.5 Å². The molecule has 0 unspecified atom stereocenters. The second kappa shape index (κ2) is 3.65. The zero-order valence-corrected chi connectivity index (χ0v) is 9.96. The van der Waals surface area contributed by atoms with E-state index in [9.17, 15) is 4.79 Å². The number of aliphatic imine (C=N–C) groups is 1. The molecule has 0 radical (unpaired) electrons. The number of benzene rings is 2. The molecule has 0 aliphatic carbocycles. The Hall–Kier alpha value is -2.68. The minimum Gasteiger partial charge on any atom is -0.422 e. The second-order valence-corrected chi connectivity index (χ2v) is 4.45. The van der Waals surface area contributed by atoms with Crippen LogP contribution >= 0.6 is 0 Å². The Morgan fingerprint density at radius 1 is 0.842 bits per heavy atom. The van der Waals surface area contributed by atoms with Crippen LogP contribution in [0.25, 0.3) is 11.3 Å². The average Bonchev–Trinajstić information content (AvgIpc) is 3.01. The zero-order chi connectivity index (χ0) is 12.8. The molecule has 4 rings (SSSR count). The summed E-state index contributed by atoms with van der Waals surface area (Å²) in [5, 5.41) is 0. The molecule has 0 bridgehead atoms. The van der Waals surface area contributed by atoms with E-state index in [2.05, 4.69) is 4.99 Å². The lowest BCUT2D eigenvalue weighted by molar-refractivity contribution is 0.0717. The summed E-state index contributed by atoms with van der Waals surface area (Å²) in [5.41, 5.74) is 4.23. The third kappa shape index (κ3) is 1.38. The highest BCUT2D eigenvalue weighted by Gasteiger charge is 2.30. The lowest BCUT2D eigenvalue weighted by Crippen LogP contribution is -1.93. The van der Waals surface area contributed by atoms with Crippen molar-refractivity contribution in [2.45, 2.75) is 0 Å². The molecule has 0 atom stereocenters. The van der Waals surface area contributed by atoms with Gasteiger partial charge >= 0.3 is 5.97 Å². The average molecular weight is 247 g/mol. The number of fused-ring (bicyclic) bond motifs is 2. The number of esters is 1. The topological polar surface area (TPSA) is 38.7 Å². The van der Waals surface area contributed by atoms with Crippen LogP contribution in [0, 0.1) is 0 Å². The molecule has 2 aromatic carbocycles. The summed E-state index contributed by atoms with van der Waals surface area (Å²) in [7, 11) is 0. The normalized spacial score (nSPS) is 19.3. The number of ether oxygens (including phenoxy) is 1. The lowest BCUT2D eigenvalue weighted by atomic mass is 10.0. The van der Waals surface area contributed by atoms with Gasteiger partial charge in [-0.15, -0.1) is 0 Å². The van der Waals surface area contributed by atoms with Gasteiger partial charge in [0.1, 0.15) is 5.76 Å². The molecule has 3 heteroatoms. The fourth-order valence-electron chi connectivity index (χ4n) is 2.46. The summed E-state index contributed by atoms with van der Waals surface area (Å²) >= 11 is 0. The third-order valence-electron chi connectivity index (χ3n) is 3.36. The molecule has 19 heavy (non-hydrogen) atoms. The van der Waals surface area contributed by atoms with Crippen molar-refractivity contribution in [3.05, 3.63) is 65.2 Å². The van der Waals surface area contributed by atoms with Gasteiger partial charge in [-0.25, -0.2) is 4.79 Å². The van der Waals surface area contributed by atoms with Crippen LogP contribution in [0.1, 0.15) is 21.5 Å². The summed E-state index contributed by atoms with van der Waals surface area (Å²) in [4.78, 5) is 16.2. The van der Waals surface area contributed by atoms with Crippen molar-refractivity contribution in [3.63, 3.8) is 0 Å². The van der Waals surface area contributed by atoms with E-state index in [4.69, 9.17) is 4.74 Å². The monoisotopic (exact) mass is 247 g/mol. The summed E-state index contributed by atoms with van der Waals surface area (Å²) in [6, 6.07) is 15.3. The number of hydrogen-bond acceptors (Lipinski definition) is 3. The molecule has 0 fully saturated rings. The molecule has 90 valence electrons. The van der Waals surface area contributed by atoms with Crippen molar-refractivity contribution < 1.29 is 9.53 Å². The van der Waals surface area contributed by atoms with E-state index < -0.39 is 0 Å². The predicted octanol–water partition coefficient (Wildman–Crippen LogP) is 3.44. The van der Waals surface area contributed by atoms with Crippen molar-refractivity contribution in [1.29, 1.82) is 0 Å². The van der Waals surface area contributed by atoms with Crippen LogP contribution in [0.5, 0.6) is 0 Å². The quantitative estimate of drug-likeness (QED) is 0.669. The summed E-state index contributed by atoms with van der Waals surface area (Å²) in [6.45, 7) is 0. The first-order valence-corrected chi connectivity index (χ1v) is 6.04. The van der Waals surface area contributed by atoms with Gasteiger partial charge in [0.05, 0.1) is 11.3 Å². The first-order chi connectivity index (χ1) is 9.34. The number of allylic oxidation sites excluding steroid dienone is 1. The lowest BCUT2D eigenvalue weighted by Gasteiger charge is -2.03. The SMILES string of the molecule is O=C1O/C(=C2\C=Nc3ccccc32)c2ccccc21. The number of carbonyl (C=O) groups excluding carboxylic acids is 1. The maximum atomic E-state index is 11.8. The minimum absolute atomic E-state index is 0.295. The molecule has 2 aliphatic heterocycles. The van der Waals surface area contributed by atoms with Gasteiger partial charge < -0.3 is 4.74 Å². The van der Waals surface area contributed by atoms with Gasteiger partial charge in [0, 0.05) is 22.9 Å². The van der Waals surface area contributed by atoms with E-state index in [-0.39, 0.29) is 5.97 Å². The van der Waals surface area contributed by atoms with Crippen LogP contribution in [0.2, 0.25) is 0 Å². The Morgan fingerprint density at radius 2 is 1.53 bits per heavy atom. The van der Waals surface area contributed by atoms with Crippen LogP contribution in [-0.4, -0.2) is 12.2 Å². The summed E-state index contributed by atoms with van der Waals surface area (Å²) < 4.78 is 5.42. The van der Waals surface area contributed by atoms with Crippen molar-refractivity contribution >= 4 is 29.2 Å². The Kier molecular flexibility index (Phi) is 1.97. The highest BCUT2D eigenvalue weighted by molar-refractivity contribution is 6.26. The molecular formula is C16H9NO2. The summed E-state index contributed by atoms with van der Waals surface area (Å²) in [6.07, 6.45) is 1.76. The predicted molar refractivity (Wildman–Crippen MR) is 73.3 cm³/mol. The molecule has 0 aromatic heterocycles. The molecule has 2 aliphatic rings. The molecule has 3 nitrogen and oxygen atoms in total. The van der Waals surface area contributed by atoms with Crippen molar-refractivity contribution in [2.24, 2.45) is 4.99 Å². The number of rotatable bonds is 0. The Balaban J connectivity index is 1.99. The fraction of sp³-hybridized carbons (Fsp3) is 0. The van der Waals surface area contributed by atoms with E-state index in [0.29, 0.717) is 11.3 Å². The number of cyclic esters (lactones) is 1. The van der Waals surface area contributed by atoms with Crippen molar-refractivity contribution in [3.8, 4) is 0 Å². The van der Waals surface area contributed by atoms with Crippen molar-refractivity contribution in [1.82, 2.24) is 0 Å². The van der Waals surface area contributed by atoms with Crippen LogP contribution < -0.4 is 0 Å². The molecule has 0 amide bonds. The molecule has 2 heterocycles. The van der Waals surface area contributed by atoms with Gasteiger partial charge in [-0.2, -0.15) is 0 Å². The van der Waals surface area contributed by atoms with Crippen LogP contribution in [0.4, 0.5) is 5.69 Å². The van der Waals surface area contributed by atoms with E-state index in [1.165, 1.54) is 0 Å². The smallest absolute Gasteiger partial charge is 0.344 e. The maximum Gasteiger partial charge on any atom is 0.344 e. The van der Waals surface area contributed by atoms with Gasteiger partial charge in [-0.3, -0.25) is 4.99 Å². The highest BCUT2D eigenvalue weighted by atomic mass is 16.5. The van der Waals surface area contributed by atoms with Gasteiger partial charge in [0.15, 0.2) is 0 Å². The van der Waals surface area contributed by atoms with Gasteiger partial charge in [-0.1, -0.05) is 36.4 Å². The molecule has 0 N–H and O–H groups in total. The Labute approximate surface area is 109 Å². The van der Waals surface area contributed by atoms with Crippen LogP contribution in [0.3, 0.4) is 0 Å². The van der Waals surface area contributed by atoms with Crippen molar-refractivity contribution in [2.75, 3.05) is 0 Å². The van der Waals surface area contributed by atoms with Crippen LogP contribution in [-0.2, 0) is 4.74 Å². The first kappa shape index (κ1) is 10.3. The summed E-state index contributed by atoms with van der Waals surface area (Å²) in [5.74, 6) is 0.310. The van der Waals surface area contributed by atoms with E-state index in [1.54, 1.807) is 12.3 Å². The fourth-order valence-corrected chi connectivity index (χ4v) is 2.46. The van der Waals surface area contributed by atoms with Gasteiger partial charge in [-0.05, 0) is 12.1 Å². The standard InChI is InChI=1S/C16H9NO2/c18-16-12-7-2-1-6-11(12)15(19-16)13-9-17-14-8-4-3-5-10(13)14/h1-9H/b15-13+. The Morgan fingerprint density at radius 3 is 2.37 bits per heavy atom. The zero-order valence-electron chi connectivity index (χ0n) is 9.96. The second-order valence-electron chi connectivity index (χ2n) is 4.45. The van der Waals surface area contributed by atoms with Gasteiger partial charge in [0.25, 0.3) is 0 Å². The number of hydrogen-bond donors (Lipinski definition) is 0.